The Labute approximate surface area is 122 Å². The molecule has 2 fully saturated rings. The number of fused-ring (bicyclic) bond motifs is 2. The minimum absolute atomic E-state index is 0.0471. The van der Waals surface area contributed by atoms with Gasteiger partial charge < -0.3 is 9.22 Å². The van der Waals surface area contributed by atoms with Crippen LogP contribution in [-0.4, -0.2) is 43.7 Å². The Morgan fingerprint density at radius 2 is 2.05 bits per heavy atom. The topological polar surface area (TPSA) is 50.1 Å². The quantitative estimate of drug-likeness (QED) is 0.451. The van der Waals surface area contributed by atoms with Crippen molar-refractivity contribution in [2.24, 2.45) is 16.7 Å². The zero-order valence-electron chi connectivity index (χ0n) is 13.4. The Kier molecular flexibility index (Phi) is 3.62. The molecule has 0 N–H and O–H groups in total. The second-order valence-corrected chi connectivity index (χ2v) is 8.00. The minimum Gasteiger partial charge on any atom is -0.458 e. The Balaban J connectivity index is 1.99. The number of nitriles is 1. The SMILES string of the molecule is CC1(C)[C@H]2CC[C@@]1(C)[C@H](OC(=O)C[N+](C)(C)CC#N)C2. The molecule has 0 spiro atoms. The van der Waals surface area contributed by atoms with Gasteiger partial charge in [-0.1, -0.05) is 20.8 Å². The largest absolute Gasteiger partial charge is 0.458 e. The zero-order chi connectivity index (χ0) is 15.2. The van der Waals surface area contributed by atoms with Crippen LogP contribution in [0.2, 0.25) is 0 Å². The third-order valence-corrected chi connectivity index (χ3v) is 6.04. The van der Waals surface area contributed by atoms with E-state index in [9.17, 15) is 4.79 Å². The first-order valence-electron chi connectivity index (χ1n) is 7.51. The molecule has 112 valence electrons. The average molecular weight is 279 g/mol. The molecule has 20 heavy (non-hydrogen) atoms. The van der Waals surface area contributed by atoms with Gasteiger partial charge in [0.2, 0.25) is 0 Å². The van der Waals surface area contributed by atoms with E-state index in [-0.39, 0.29) is 29.4 Å². The number of rotatable bonds is 4. The summed E-state index contributed by atoms with van der Waals surface area (Å²) in [5.41, 5.74) is 0.370. The molecule has 0 radical (unpaired) electrons. The molecule has 2 aliphatic carbocycles. The molecule has 0 aliphatic heterocycles. The van der Waals surface area contributed by atoms with E-state index < -0.39 is 0 Å². The van der Waals surface area contributed by atoms with Crippen LogP contribution in [0.4, 0.5) is 0 Å². The fourth-order valence-corrected chi connectivity index (χ4v) is 4.10. The van der Waals surface area contributed by atoms with Crippen molar-refractivity contribution >= 4 is 5.97 Å². The maximum atomic E-state index is 12.2. The van der Waals surface area contributed by atoms with E-state index >= 15 is 0 Å². The summed E-state index contributed by atoms with van der Waals surface area (Å²) in [6, 6.07) is 2.12. The third-order valence-electron chi connectivity index (χ3n) is 6.04. The second kappa shape index (κ2) is 4.73. The molecule has 4 nitrogen and oxygen atoms in total. The molecule has 2 aliphatic rings. The van der Waals surface area contributed by atoms with Crippen LogP contribution in [0, 0.1) is 28.1 Å². The van der Waals surface area contributed by atoms with Crippen LogP contribution < -0.4 is 0 Å². The van der Waals surface area contributed by atoms with Gasteiger partial charge >= 0.3 is 5.97 Å². The summed E-state index contributed by atoms with van der Waals surface area (Å²) in [6.07, 6.45) is 3.46. The van der Waals surface area contributed by atoms with E-state index in [4.69, 9.17) is 10.00 Å². The second-order valence-electron chi connectivity index (χ2n) is 8.00. The predicted molar refractivity (Wildman–Crippen MR) is 76.6 cm³/mol. The lowest BCUT2D eigenvalue weighted by Crippen LogP contribution is -2.46. The fraction of sp³-hybridized carbons (Fsp3) is 0.875. The first-order chi connectivity index (χ1) is 9.12. The van der Waals surface area contributed by atoms with E-state index in [0.717, 1.165) is 12.8 Å². The van der Waals surface area contributed by atoms with Crippen molar-refractivity contribution in [3.63, 3.8) is 0 Å². The lowest BCUT2D eigenvalue weighted by atomic mass is 9.70. The van der Waals surface area contributed by atoms with Crippen LogP contribution in [0.15, 0.2) is 0 Å². The smallest absolute Gasteiger partial charge is 0.362 e. The van der Waals surface area contributed by atoms with Crippen molar-refractivity contribution < 1.29 is 14.0 Å². The first kappa shape index (κ1) is 15.3. The molecule has 0 amide bonds. The number of ether oxygens (including phenoxy) is 1. The molecule has 2 saturated carbocycles. The standard InChI is InChI=1S/C16H27N2O2/c1-15(2)12-6-7-16(15,3)13(10-12)20-14(19)11-18(4,5)9-8-17/h12-13H,6-7,9-11H2,1-5H3/q+1/t12-,13+,16-/m0/s1. The van der Waals surface area contributed by atoms with Crippen LogP contribution in [-0.2, 0) is 9.53 Å². The van der Waals surface area contributed by atoms with Crippen LogP contribution in [0.5, 0.6) is 0 Å². The molecule has 0 unspecified atom stereocenters. The summed E-state index contributed by atoms with van der Waals surface area (Å²) >= 11 is 0. The first-order valence-corrected chi connectivity index (χ1v) is 7.51. The molecule has 2 rings (SSSR count). The number of hydrogen-bond donors (Lipinski definition) is 0. The van der Waals surface area contributed by atoms with Gasteiger partial charge in [-0.05, 0) is 30.6 Å². The number of esters is 1. The molecule has 0 aromatic heterocycles. The summed E-state index contributed by atoms with van der Waals surface area (Å²) < 4.78 is 6.17. The molecule has 0 aromatic carbocycles. The number of carbonyl (C=O) groups is 1. The van der Waals surface area contributed by atoms with Gasteiger partial charge in [0.05, 0.1) is 14.1 Å². The van der Waals surface area contributed by atoms with Gasteiger partial charge in [-0.3, -0.25) is 0 Å². The highest BCUT2D eigenvalue weighted by atomic mass is 16.5. The molecule has 4 heteroatoms. The van der Waals surface area contributed by atoms with Crippen molar-refractivity contribution in [2.45, 2.75) is 46.1 Å². The summed E-state index contributed by atoms with van der Waals surface area (Å²) in [6.45, 7) is 7.49. The number of hydrogen-bond acceptors (Lipinski definition) is 3. The van der Waals surface area contributed by atoms with E-state index in [1.54, 1.807) is 0 Å². The maximum Gasteiger partial charge on any atom is 0.362 e. The molecular formula is C16H27N2O2+. The van der Waals surface area contributed by atoms with Gasteiger partial charge in [-0.25, -0.2) is 4.79 Å². The van der Waals surface area contributed by atoms with Gasteiger partial charge in [-0.15, -0.1) is 0 Å². The van der Waals surface area contributed by atoms with Crippen LogP contribution in [0.25, 0.3) is 0 Å². The number of quaternary nitrogens is 1. The van der Waals surface area contributed by atoms with E-state index in [0.29, 0.717) is 16.9 Å². The summed E-state index contributed by atoms with van der Waals surface area (Å²) in [4.78, 5) is 12.2. The van der Waals surface area contributed by atoms with Crippen molar-refractivity contribution in [1.82, 2.24) is 0 Å². The molecule has 3 atom stereocenters. The van der Waals surface area contributed by atoms with E-state index in [2.05, 4.69) is 26.8 Å². The zero-order valence-corrected chi connectivity index (χ0v) is 13.4. The Morgan fingerprint density at radius 1 is 1.40 bits per heavy atom. The minimum atomic E-state index is -0.167. The average Bonchev–Trinajstić information content (AvgIpc) is 2.60. The summed E-state index contributed by atoms with van der Waals surface area (Å²) in [7, 11) is 3.77. The number of nitrogens with zero attached hydrogens (tertiary/aromatic N) is 2. The Morgan fingerprint density at radius 3 is 2.50 bits per heavy atom. The van der Waals surface area contributed by atoms with Gasteiger partial charge in [0.25, 0.3) is 0 Å². The normalized spacial score (nSPS) is 34.8. The van der Waals surface area contributed by atoms with Crippen LogP contribution >= 0.6 is 0 Å². The lowest BCUT2D eigenvalue weighted by molar-refractivity contribution is -0.876. The number of likely N-dealkylation sites (N-methyl/N-ethyl adjacent to an activating group) is 1. The van der Waals surface area contributed by atoms with Gasteiger partial charge in [0.1, 0.15) is 12.2 Å². The summed E-state index contributed by atoms with van der Waals surface area (Å²) in [5.74, 6) is 0.506. The van der Waals surface area contributed by atoms with Crippen LogP contribution in [0.3, 0.4) is 0 Å². The van der Waals surface area contributed by atoms with E-state index in [1.807, 2.05) is 14.1 Å². The van der Waals surface area contributed by atoms with E-state index in [1.165, 1.54) is 6.42 Å². The fourth-order valence-electron chi connectivity index (χ4n) is 4.10. The monoisotopic (exact) mass is 279 g/mol. The molecule has 0 saturated heterocycles. The highest BCUT2D eigenvalue weighted by Gasteiger charge is 2.62. The van der Waals surface area contributed by atoms with Crippen molar-refractivity contribution in [1.29, 1.82) is 5.26 Å². The number of carbonyl (C=O) groups excluding carboxylic acids is 1. The molecule has 0 heterocycles. The Hall–Kier alpha value is -1.08. The third kappa shape index (κ3) is 2.33. The van der Waals surface area contributed by atoms with Gasteiger partial charge in [0.15, 0.2) is 13.1 Å². The van der Waals surface area contributed by atoms with Crippen LogP contribution in [0.1, 0.15) is 40.0 Å². The summed E-state index contributed by atoms with van der Waals surface area (Å²) in [5, 5.41) is 8.78. The highest BCUT2D eigenvalue weighted by Crippen LogP contribution is 2.66. The van der Waals surface area contributed by atoms with Crippen molar-refractivity contribution in [3.05, 3.63) is 0 Å². The van der Waals surface area contributed by atoms with Gasteiger partial charge in [0, 0.05) is 5.41 Å². The molecule has 0 aromatic rings. The van der Waals surface area contributed by atoms with Crippen molar-refractivity contribution in [2.75, 3.05) is 27.2 Å². The van der Waals surface area contributed by atoms with Crippen molar-refractivity contribution in [3.8, 4) is 6.07 Å². The maximum absolute atomic E-state index is 12.2. The predicted octanol–water partition coefficient (Wildman–Crippen LogP) is 2.34. The van der Waals surface area contributed by atoms with Gasteiger partial charge in [-0.2, -0.15) is 5.26 Å². The molecule has 2 bridgehead atoms. The highest BCUT2D eigenvalue weighted by molar-refractivity contribution is 5.71. The Bertz CT molecular complexity index is 450. The lowest BCUT2D eigenvalue weighted by Gasteiger charge is -2.38. The molecular weight excluding hydrogens is 252 g/mol.